The van der Waals surface area contributed by atoms with Gasteiger partial charge in [-0.2, -0.15) is 0 Å². The van der Waals surface area contributed by atoms with Crippen LogP contribution in [0.15, 0.2) is 75.0 Å². The van der Waals surface area contributed by atoms with Crippen LogP contribution in [0.4, 0.5) is 0 Å². The second-order valence-electron chi connectivity index (χ2n) is 6.19. The Morgan fingerprint density at radius 2 is 1.79 bits per heavy atom. The molecule has 3 aromatic rings. The van der Waals surface area contributed by atoms with Gasteiger partial charge in [0.05, 0.1) is 5.52 Å². The van der Waals surface area contributed by atoms with Crippen LogP contribution in [0.2, 0.25) is 5.02 Å². The largest absolute Gasteiger partial charge is 0.506 e. The Kier molecular flexibility index (Phi) is 5.82. The third-order valence-corrected chi connectivity index (χ3v) is 5.60. The highest BCUT2D eigenvalue weighted by molar-refractivity contribution is 7.99. The third-order valence-electron chi connectivity index (χ3n) is 4.31. The van der Waals surface area contributed by atoms with Crippen molar-refractivity contribution in [3.8, 4) is 5.75 Å². The van der Waals surface area contributed by atoms with Gasteiger partial charge in [0.1, 0.15) is 16.0 Å². The normalized spacial score (nSPS) is 10.9. The van der Waals surface area contributed by atoms with Gasteiger partial charge in [-0.05, 0) is 31.2 Å². The number of pyridine rings is 2. The molecule has 2 aromatic heterocycles. The van der Waals surface area contributed by atoms with E-state index >= 15 is 0 Å². The molecule has 0 unspecified atom stereocenters. The maximum Gasteiger partial charge on any atom is 0.269 e. The van der Waals surface area contributed by atoms with Gasteiger partial charge in [-0.25, -0.2) is 0 Å². The fraction of sp³-hybridized carbons (Fsp3) is 0.143. The van der Waals surface area contributed by atoms with Gasteiger partial charge in [0, 0.05) is 28.7 Å². The Morgan fingerprint density at radius 1 is 1.11 bits per heavy atom. The van der Waals surface area contributed by atoms with Crippen LogP contribution in [-0.2, 0) is 13.1 Å². The topological polar surface area (TPSA) is 64.2 Å². The molecule has 0 aliphatic carbocycles. The lowest BCUT2D eigenvalue weighted by atomic mass is 10.2. The smallest absolute Gasteiger partial charge is 0.269 e. The van der Waals surface area contributed by atoms with Gasteiger partial charge in [-0.15, -0.1) is 13.2 Å². The van der Waals surface area contributed by atoms with Crippen LogP contribution >= 0.6 is 23.4 Å². The van der Waals surface area contributed by atoms with Crippen LogP contribution in [0.3, 0.4) is 0 Å². The molecular formula is C21H19ClN2O3S. The minimum Gasteiger partial charge on any atom is -0.506 e. The van der Waals surface area contributed by atoms with Crippen molar-refractivity contribution in [2.24, 2.45) is 0 Å². The molecule has 0 saturated heterocycles. The number of allylic oxidation sites excluding steroid dienone is 2. The highest BCUT2D eigenvalue weighted by Crippen LogP contribution is 2.36. The van der Waals surface area contributed by atoms with Gasteiger partial charge in [-0.3, -0.25) is 9.59 Å². The SMILES string of the molecule is C=CCn1c(C)cc2c(c(O)c(Sc3cccc(Cl)c3)c(=O)n2CC=C)c1=O. The van der Waals surface area contributed by atoms with Crippen molar-refractivity contribution < 1.29 is 5.11 Å². The van der Waals surface area contributed by atoms with Gasteiger partial charge >= 0.3 is 0 Å². The van der Waals surface area contributed by atoms with E-state index in [1.165, 1.54) is 9.13 Å². The van der Waals surface area contributed by atoms with Gasteiger partial charge in [-0.1, -0.05) is 41.6 Å². The minimum absolute atomic E-state index is 0.0720. The van der Waals surface area contributed by atoms with Gasteiger partial charge < -0.3 is 14.2 Å². The predicted octanol–water partition coefficient (Wildman–Crippen LogP) is 4.35. The average Bonchev–Trinajstić information content (AvgIpc) is 2.65. The molecule has 0 aliphatic heterocycles. The van der Waals surface area contributed by atoms with Crippen molar-refractivity contribution in [1.29, 1.82) is 0 Å². The van der Waals surface area contributed by atoms with Gasteiger partial charge in [0.25, 0.3) is 11.1 Å². The van der Waals surface area contributed by atoms with Crippen LogP contribution < -0.4 is 11.1 Å². The zero-order valence-corrected chi connectivity index (χ0v) is 16.9. The summed E-state index contributed by atoms with van der Waals surface area (Å²) >= 11 is 7.10. The zero-order chi connectivity index (χ0) is 20.4. The van der Waals surface area contributed by atoms with Gasteiger partial charge in [0.15, 0.2) is 0 Å². The summed E-state index contributed by atoms with van der Waals surface area (Å²) < 4.78 is 2.95. The lowest BCUT2D eigenvalue weighted by molar-refractivity contribution is 0.463. The molecule has 0 radical (unpaired) electrons. The highest BCUT2D eigenvalue weighted by atomic mass is 35.5. The van der Waals surface area contributed by atoms with E-state index in [1.54, 1.807) is 49.4 Å². The summed E-state index contributed by atoms with van der Waals surface area (Å²) in [5, 5.41) is 11.5. The monoisotopic (exact) mass is 414 g/mol. The Labute approximate surface area is 171 Å². The maximum atomic E-state index is 13.1. The number of aromatic nitrogens is 2. The Bertz CT molecular complexity index is 1210. The molecule has 0 fully saturated rings. The number of hydrogen-bond acceptors (Lipinski definition) is 4. The van der Waals surface area contributed by atoms with Crippen molar-refractivity contribution in [1.82, 2.24) is 9.13 Å². The van der Waals surface area contributed by atoms with E-state index in [4.69, 9.17) is 11.6 Å². The second-order valence-corrected chi connectivity index (χ2v) is 7.71. The summed E-state index contributed by atoms with van der Waals surface area (Å²) in [7, 11) is 0. The Hall–Kier alpha value is -2.70. The van der Waals surface area contributed by atoms with Crippen molar-refractivity contribution in [2.45, 2.75) is 29.8 Å². The molecule has 1 aromatic carbocycles. The Balaban J connectivity index is 2.38. The molecule has 0 aliphatic rings. The summed E-state index contributed by atoms with van der Waals surface area (Å²) in [6.07, 6.45) is 3.19. The first kappa shape index (κ1) is 20.0. The summed E-state index contributed by atoms with van der Waals surface area (Å²) in [4.78, 5) is 26.9. The second kappa shape index (κ2) is 8.12. The maximum absolute atomic E-state index is 13.1. The number of halogens is 1. The number of rotatable bonds is 6. The summed E-state index contributed by atoms with van der Waals surface area (Å²) in [6.45, 7) is 9.67. The number of nitrogens with zero attached hydrogens (tertiary/aromatic N) is 2. The van der Waals surface area contributed by atoms with E-state index in [0.29, 0.717) is 27.7 Å². The average molecular weight is 415 g/mol. The lowest BCUT2D eigenvalue weighted by Crippen LogP contribution is -2.28. The molecule has 0 amide bonds. The van der Waals surface area contributed by atoms with Crippen LogP contribution in [-0.4, -0.2) is 14.2 Å². The summed E-state index contributed by atoms with van der Waals surface area (Å²) in [5.41, 5.74) is 0.276. The number of hydrogen-bond donors (Lipinski definition) is 1. The lowest BCUT2D eigenvalue weighted by Gasteiger charge is -2.16. The first-order valence-corrected chi connectivity index (χ1v) is 9.73. The molecular weight excluding hydrogens is 396 g/mol. The molecule has 2 heterocycles. The number of benzene rings is 1. The molecule has 0 bridgehead atoms. The predicted molar refractivity (Wildman–Crippen MR) is 115 cm³/mol. The first-order chi connectivity index (χ1) is 13.4. The molecule has 3 rings (SSSR count). The van der Waals surface area contributed by atoms with E-state index in [2.05, 4.69) is 13.2 Å². The van der Waals surface area contributed by atoms with Crippen molar-refractivity contribution in [2.75, 3.05) is 0 Å². The summed E-state index contributed by atoms with van der Waals surface area (Å²) in [6, 6.07) is 8.67. The van der Waals surface area contributed by atoms with Crippen LogP contribution in [0.5, 0.6) is 5.75 Å². The fourth-order valence-corrected chi connectivity index (χ4v) is 4.26. The van der Waals surface area contributed by atoms with Gasteiger partial charge in [0.2, 0.25) is 0 Å². The molecule has 1 N–H and O–H groups in total. The standard InChI is InChI=1S/C21H19ClN2O3S/c1-4-9-23-13(3)11-16-17(20(23)26)18(25)19(21(27)24(16)10-5-2)28-15-8-6-7-14(22)12-15/h4-8,11-12,25H,1-2,9-10H2,3H3. The zero-order valence-electron chi connectivity index (χ0n) is 15.3. The van der Waals surface area contributed by atoms with E-state index in [0.717, 1.165) is 11.8 Å². The molecule has 0 atom stereocenters. The first-order valence-electron chi connectivity index (χ1n) is 8.54. The number of fused-ring (bicyclic) bond motifs is 1. The van der Waals surface area contributed by atoms with Crippen molar-refractivity contribution >= 4 is 34.3 Å². The molecule has 28 heavy (non-hydrogen) atoms. The number of aryl methyl sites for hydroxylation is 1. The van der Waals surface area contributed by atoms with Crippen LogP contribution in [0, 0.1) is 6.92 Å². The van der Waals surface area contributed by atoms with Crippen LogP contribution in [0.1, 0.15) is 5.69 Å². The van der Waals surface area contributed by atoms with E-state index in [1.807, 2.05) is 0 Å². The van der Waals surface area contributed by atoms with E-state index in [-0.39, 0.29) is 28.1 Å². The van der Waals surface area contributed by atoms with Crippen molar-refractivity contribution in [3.63, 3.8) is 0 Å². The minimum atomic E-state index is -0.393. The molecule has 5 nitrogen and oxygen atoms in total. The highest BCUT2D eigenvalue weighted by Gasteiger charge is 2.21. The summed E-state index contributed by atoms with van der Waals surface area (Å²) in [5.74, 6) is -0.326. The number of aromatic hydroxyl groups is 1. The molecule has 0 saturated carbocycles. The van der Waals surface area contributed by atoms with Crippen LogP contribution in [0.25, 0.3) is 10.9 Å². The van der Waals surface area contributed by atoms with Crippen molar-refractivity contribution in [3.05, 3.63) is 87.1 Å². The molecule has 144 valence electrons. The quantitative estimate of drug-likeness (QED) is 0.609. The Morgan fingerprint density at radius 3 is 2.43 bits per heavy atom. The van der Waals surface area contributed by atoms with E-state index < -0.39 is 5.56 Å². The molecule has 7 heteroatoms. The molecule has 0 spiro atoms. The third kappa shape index (κ3) is 3.53. The fourth-order valence-electron chi connectivity index (χ4n) is 3.04. The van der Waals surface area contributed by atoms with E-state index in [9.17, 15) is 14.7 Å².